The number of hydrogen-bond acceptors (Lipinski definition) is 6. The molecule has 0 saturated carbocycles. The molecule has 0 aliphatic carbocycles. The highest BCUT2D eigenvalue weighted by molar-refractivity contribution is 7.99. The molecule has 2 heterocycles. The van der Waals surface area contributed by atoms with E-state index in [1.54, 1.807) is 11.8 Å². The van der Waals surface area contributed by atoms with E-state index in [4.69, 9.17) is 0 Å². The second kappa shape index (κ2) is 7.20. The molecule has 0 aliphatic heterocycles. The first-order valence-electron chi connectivity index (χ1n) is 6.91. The normalized spacial score (nSPS) is 11.4. The molecule has 0 amide bonds. The molecule has 0 aromatic carbocycles. The number of aromatic carboxylic acids is 1. The fraction of sp³-hybridized carbons (Fsp3) is 0.500. The zero-order valence-electron chi connectivity index (χ0n) is 12.4. The Morgan fingerprint density at radius 3 is 2.71 bits per heavy atom. The summed E-state index contributed by atoms with van der Waals surface area (Å²) in [5, 5.41) is 11.0. The summed E-state index contributed by atoms with van der Waals surface area (Å²) in [5.41, 5.74) is 0.772. The third-order valence-electron chi connectivity index (χ3n) is 3.43. The minimum absolute atomic E-state index is 0.357. The number of aryl methyl sites for hydroxylation is 1. The van der Waals surface area contributed by atoms with Gasteiger partial charge in [-0.15, -0.1) is 23.1 Å². The number of carboxylic acids is 1. The molecule has 0 aliphatic rings. The van der Waals surface area contributed by atoms with Gasteiger partial charge in [0.15, 0.2) is 0 Å². The van der Waals surface area contributed by atoms with E-state index in [2.05, 4.69) is 28.7 Å². The topological polar surface area (TPSA) is 66.3 Å². The predicted molar refractivity (Wildman–Crippen MR) is 87.6 cm³/mol. The summed E-state index contributed by atoms with van der Waals surface area (Å²) < 4.78 is 0. The van der Waals surface area contributed by atoms with Gasteiger partial charge in [-0.05, 0) is 25.6 Å². The maximum atomic E-state index is 11.2. The Hall–Kier alpha value is -1.18. The zero-order valence-corrected chi connectivity index (χ0v) is 14.1. The lowest BCUT2D eigenvalue weighted by molar-refractivity contribution is 0.0701. The highest BCUT2D eigenvalue weighted by atomic mass is 32.2. The van der Waals surface area contributed by atoms with Gasteiger partial charge in [0, 0.05) is 17.7 Å². The van der Waals surface area contributed by atoms with Gasteiger partial charge in [-0.1, -0.05) is 13.8 Å². The second-order valence-electron chi connectivity index (χ2n) is 4.60. The number of thioether (sulfide) groups is 1. The molecule has 0 bridgehead atoms. The van der Waals surface area contributed by atoms with Crippen molar-refractivity contribution < 1.29 is 9.90 Å². The lowest BCUT2D eigenvalue weighted by Crippen LogP contribution is -2.25. The number of carboxylic acid groups (broad SMARTS) is 1. The van der Waals surface area contributed by atoms with Gasteiger partial charge in [0.25, 0.3) is 0 Å². The smallest absolute Gasteiger partial charge is 0.346 e. The quantitative estimate of drug-likeness (QED) is 0.623. The Morgan fingerprint density at radius 2 is 2.10 bits per heavy atom. The van der Waals surface area contributed by atoms with Gasteiger partial charge in [-0.25, -0.2) is 14.8 Å². The van der Waals surface area contributed by atoms with Crippen LogP contribution in [0.3, 0.4) is 0 Å². The molecular formula is C14H19N3O2S2. The molecule has 0 unspecified atom stereocenters. The Labute approximate surface area is 132 Å². The molecule has 0 fully saturated rings. The molecule has 1 N–H and O–H groups in total. The summed E-state index contributed by atoms with van der Waals surface area (Å²) in [7, 11) is 0. The summed E-state index contributed by atoms with van der Waals surface area (Å²) in [5.74, 6) is 0.0421. The molecular weight excluding hydrogens is 306 g/mol. The van der Waals surface area contributed by atoms with Crippen molar-refractivity contribution in [3.63, 3.8) is 0 Å². The van der Waals surface area contributed by atoms with Crippen molar-refractivity contribution in [1.82, 2.24) is 14.9 Å². The highest BCUT2D eigenvalue weighted by Gasteiger charge is 2.18. The molecule has 0 saturated heterocycles. The van der Waals surface area contributed by atoms with Crippen LogP contribution in [0.15, 0.2) is 11.4 Å². The van der Waals surface area contributed by atoms with Crippen molar-refractivity contribution >= 4 is 39.3 Å². The lowest BCUT2D eigenvalue weighted by Gasteiger charge is -2.17. The number of carbonyl (C=O) groups is 1. The average molecular weight is 325 g/mol. The SMILES string of the molecule is CCN(CC)CCSc1ncnc2sc(C(=O)O)c(C)c12. The lowest BCUT2D eigenvalue weighted by atomic mass is 10.2. The molecule has 2 aromatic rings. The van der Waals surface area contributed by atoms with Crippen LogP contribution in [0, 0.1) is 6.92 Å². The van der Waals surface area contributed by atoms with Crippen LogP contribution in [0.4, 0.5) is 0 Å². The van der Waals surface area contributed by atoms with Crippen molar-refractivity contribution in [2.24, 2.45) is 0 Å². The van der Waals surface area contributed by atoms with Crippen LogP contribution < -0.4 is 0 Å². The number of rotatable bonds is 7. The number of aromatic nitrogens is 2. The summed E-state index contributed by atoms with van der Waals surface area (Å²) in [6.45, 7) is 9.21. The number of thiophene rings is 1. The summed E-state index contributed by atoms with van der Waals surface area (Å²) >= 11 is 2.89. The highest BCUT2D eigenvalue weighted by Crippen LogP contribution is 2.34. The number of hydrogen-bond donors (Lipinski definition) is 1. The average Bonchev–Trinajstić information content (AvgIpc) is 2.82. The van der Waals surface area contributed by atoms with Crippen molar-refractivity contribution in [2.45, 2.75) is 25.8 Å². The maximum absolute atomic E-state index is 11.2. The third-order valence-corrected chi connectivity index (χ3v) is 5.58. The first-order valence-corrected chi connectivity index (χ1v) is 8.71. The molecule has 114 valence electrons. The fourth-order valence-electron chi connectivity index (χ4n) is 2.16. The van der Waals surface area contributed by atoms with Crippen molar-refractivity contribution in [3.05, 3.63) is 16.8 Å². The molecule has 2 rings (SSSR count). The van der Waals surface area contributed by atoms with E-state index >= 15 is 0 Å². The van der Waals surface area contributed by atoms with Crippen LogP contribution in [-0.2, 0) is 0 Å². The summed E-state index contributed by atoms with van der Waals surface area (Å²) in [6.07, 6.45) is 1.52. The maximum Gasteiger partial charge on any atom is 0.346 e. The van der Waals surface area contributed by atoms with Crippen molar-refractivity contribution in [2.75, 3.05) is 25.4 Å². The van der Waals surface area contributed by atoms with Gasteiger partial charge in [0.1, 0.15) is 21.1 Å². The first kappa shape index (κ1) is 16.2. The molecule has 7 heteroatoms. The molecule has 2 aromatic heterocycles. The van der Waals surface area contributed by atoms with Crippen LogP contribution in [0.5, 0.6) is 0 Å². The summed E-state index contributed by atoms with van der Waals surface area (Å²) in [4.78, 5) is 23.2. The van der Waals surface area contributed by atoms with E-state index in [0.29, 0.717) is 4.88 Å². The van der Waals surface area contributed by atoms with Gasteiger partial charge >= 0.3 is 5.97 Å². The number of fused-ring (bicyclic) bond motifs is 1. The van der Waals surface area contributed by atoms with Gasteiger partial charge in [-0.2, -0.15) is 0 Å². The predicted octanol–water partition coefficient (Wildman–Crippen LogP) is 3.13. The van der Waals surface area contributed by atoms with Gasteiger partial charge in [0.2, 0.25) is 0 Å². The van der Waals surface area contributed by atoms with Crippen molar-refractivity contribution in [3.8, 4) is 0 Å². The third kappa shape index (κ3) is 3.53. The first-order chi connectivity index (χ1) is 10.1. The van der Waals surface area contributed by atoms with Gasteiger partial charge < -0.3 is 10.0 Å². The molecule has 0 radical (unpaired) electrons. The van der Waals surface area contributed by atoms with Crippen LogP contribution in [-0.4, -0.2) is 51.3 Å². The zero-order chi connectivity index (χ0) is 15.4. The molecule has 21 heavy (non-hydrogen) atoms. The van der Waals surface area contributed by atoms with Crippen LogP contribution in [0.1, 0.15) is 29.1 Å². The minimum atomic E-state index is -0.894. The van der Waals surface area contributed by atoms with Gasteiger partial charge in [0.05, 0.1) is 0 Å². The number of nitrogens with zero attached hydrogens (tertiary/aromatic N) is 3. The second-order valence-corrected chi connectivity index (χ2v) is 6.68. The van der Waals surface area contributed by atoms with Crippen LogP contribution in [0.25, 0.3) is 10.2 Å². The molecule has 5 nitrogen and oxygen atoms in total. The van der Waals surface area contributed by atoms with Crippen LogP contribution >= 0.6 is 23.1 Å². The Kier molecular flexibility index (Phi) is 5.55. The standard InChI is InChI=1S/C14H19N3O2S2/c1-4-17(5-2)6-7-20-12-10-9(3)11(14(18)19)21-13(10)16-8-15-12/h8H,4-7H2,1-3H3,(H,18,19). The fourth-order valence-corrected chi connectivity index (χ4v) is 4.27. The van der Waals surface area contributed by atoms with E-state index in [9.17, 15) is 9.90 Å². The Balaban J connectivity index is 2.22. The minimum Gasteiger partial charge on any atom is -0.477 e. The van der Waals surface area contributed by atoms with E-state index < -0.39 is 5.97 Å². The van der Waals surface area contributed by atoms with E-state index in [1.165, 1.54) is 17.7 Å². The molecule has 0 spiro atoms. The van der Waals surface area contributed by atoms with E-state index in [0.717, 1.165) is 46.2 Å². The van der Waals surface area contributed by atoms with E-state index in [1.807, 2.05) is 6.92 Å². The van der Waals surface area contributed by atoms with Gasteiger partial charge in [-0.3, -0.25) is 0 Å². The summed E-state index contributed by atoms with van der Waals surface area (Å²) in [6, 6.07) is 0. The largest absolute Gasteiger partial charge is 0.477 e. The molecule has 0 atom stereocenters. The van der Waals surface area contributed by atoms with Crippen molar-refractivity contribution in [1.29, 1.82) is 0 Å². The Bertz CT molecular complexity index is 638. The monoisotopic (exact) mass is 325 g/mol. The van der Waals surface area contributed by atoms with Crippen LogP contribution in [0.2, 0.25) is 0 Å². The Morgan fingerprint density at radius 1 is 1.38 bits per heavy atom. The van der Waals surface area contributed by atoms with E-state index in [-0.39, 0.29) is 0 Å².